The summed E-state index contributed by atoms with van der Waals surface area (Å²) in [7, 11) is 1.78. The summed E-state index contributed by atoms with van der Waals surface area (Å²) in [5, 5.41) is 8.54. The van der Waals surface area contributed by atoms with Gasteiger partial charge in [-0.2, -0.15) is 5.26 Å². The van der Waals surface area contributed by atoms with Gasteiger partial charge < -0.3 is 9.64 Å². The molecule has 0 saturated carbocycles. The molecule has 0 aromatic carbocycles. The molecule has 1 aliphatic heterocycles. The summed E-state index contributed by atoms with van der Waals surface area (Å²) < 4.78 is 5.18. The molecule has 0 spiro atoms. The van der Waals surface area contributed by atoms with Crippen molar-refractivity contribution in [2.24, 2.45) is 0 Å². The van der Waals surface area contributed by atoms with E-state index >= 15 is 0 Å². The highest BCUT2D eigenvalue weighted by molar-refractivity contribution is 5.81. The third-order valence-electron chi connectivity index (χ3n) is 2.66. The summed E-state index contributed by atoms with van der Waals surface area (Å²) in [4.78, 5) is 15.5. The van der Waals surface area contributed by atoms with Gasteiger partial charge in [0, 0.05) is 13.1 Å². The molecule has 1 unspecified atom stereocenters. The molecule has 1 heterocycles. The first-order valence-electron chi connectivity index (χ1n) is 5.10. The van der Waals surface area contributed by atoms with Crippen LogP contribution in [-0.4, -0.2) is 61.6 Å². The van der Waals surface area contributed by atoms with Crippen molar-refractivity contribution in [2.75, 3.05) is 39.9 Å². The first-order valence-corrected chi connectivity index (χ1v) is 5.10. The van der Waals surface area contributed by atoms with E-state index in [1.165, 1.54) is 0 Å². The lowest BCUT2D eigenvalue weighted by Crippen LogP contribution is -2.49. The van der Waals surface area contributed by atoms with Crippen LogP contribution in [0.25, 0.3) is 0 Å². The minimum absolute atomic E-state index is 0.0797. The third kappa shape index (κ3) is 3.18. The zero-order chi connectivity index (χ0) is 11.3. The van der Waals surface area contributed by atoms with Crippen LogP contribution in [0.3, 0.4) is 0 Å². The summed E-state index contributed by atoms with van der Waals surface area (Å²) in [6, 6.07) is 1.80. The number of nitrogens with zero attached hydrogens (tertiary/aromatic N) is 3. The summed E-state index contributed by atoms with van der Waals surface area (Å²) >= 11 is 0. The maximum absolute atomic E-state index is 11.9. The van der Waals surface area contributed by atoms with Gasteiger partial charge in [-0.05, 0) is 14.0 Å². The Morgan fingerprint density at radius 2 is 2.20 bits per heavy atom. The monoisotopic (exact) mass is 211 g/mol. The molecule has 0 aromatic rings. The number of rotatable bonds is 3. The number of likely N-dealkylation sites (N-methyl/N-ethyl adjacent to an activating group) is 1. The van der Waals surface area contributed by atoms with E-state index in [1.54, 1.807) is 16.8 Å². The van der Waals surface area contributed by atoms with Crippen LogP contribution in [0.2, 0.25) is 0 Å². The van der Waals surface area contributed by atoms with Crippen LogP contribution in [0, 0.1) is 11.3 Å². The van der Waals surface area contributed by atoms with Crippen LogP contribution >= 0.6 is 0 Å². The number of ether oxygens (including phenoxy) is 1. The Hall–Kier alpha value is -1.12. The molecule has 5 heteroatoms. The predicted octanol–water partition coefficient (Wildman–Crippen LogP) is -0.311. The highest BCUT2D eigenvalue weighted by atomic mass is 16.5. The van der Waals surface area contributed by atoms with E-state index in [9.17, 15) is 4.79 Å². The van der Waals surface area contributed by atoms with Gasteiger partial charge in [0.25, 0.3) is 0 Å². The minimum atomic E-state index is -0.234. The van der Waals surface area contributed by atoms with Crippen LogP contribution < -0.4 is 0 Å². The second kappa shape index (κ2) is 5.69. The predicted molar refractivity (Wildman–Crippen MR) is 55.1 cm³/mol. The van der Waals surface area contributed by atoms with E-state index in [1.807, 2.05) is 13.0 Å². The highest BCUT2D eigenvalue weighted by Crippen LogP contribution is 2.04. The van der Waals surface area contributed by atoms with Crippen molar-refractivity contribution in [3.8, 4) is 6.07 Å². The number of morpholine rings is 1. The van der Waals surface area contributed by atoms with Gasteiger partial charge in [-0.25, -0.2) is 0 Å². The first kappa shape index (κ1) is 12.0. The summed E-state index contributed by atoms with van der Waals surface area (Å²) in [6.07, 6.45) is 0. The molecule has 0 aliphatic carbocycles. The van der Waals surface area contributed by atoms with Crippen molar-refractivity contribution in [2.45, 2.75) is 13.0 Å². The highest BCUT2D eigenvalue weighted by Gasteiger charge is 2.24. The van der Waals surface area contributed by atoms with Gasteiger partial charge in [-0.3, -0.25) is 9.69 Å². The Bertz CT molecular complexity index is 256. The summed E-state index contributed by atoms with van der Waals surface area (Å²) in [5.74, 6) is 0.0797. The Labute approximate surface area is 90.2 Å². The summed E-state index contributed by atoms with van der Waals surface area (Å²) in [5.41, 5.74) is 0. The lowest BCUT2D eigenvalue weighted by molar-refractivity contribution is -0.139. The molecule has 84 valence electrons. The van der Waals surface area contributed by atoms with Gasteiger partial charge in [-0.1, -0.05) is 0 Å². The number of carbonyl (C=O) groups is 1. The first-order chi connectivity index (χ1) is 7.16. The Morgan fingerprint density at radius 3 is 2.73 bits per heavy atom. The topological polar surface area (TPSA) is 56.6 Å². The van der Waals surface area contributed by atoms with Crippen molar-refractivity contribution in [1.82, 2.24) is 9.80 Å². The lowest BCUT2D eigenvalue weighted by atomic mass is 10.2. The normalized spacial score (nSPS) is 18.7. The summed E-state index contributed by atoms with van der Waals surface area (Å²) in [6.45, 7) is 4.64. The number of carbonyl (C=O) groups excluding carboxylic acids is 1. The number of amides is 1. The van der Waals surface area contributed by atoms with E-state index in [0.29, 0.717) is 26.3 Å². The molecule has 1 saturated heterocycles. The molecule has 0 aromatic heterocycles. The smallest absolute Gasteiger partial charge is 0.239 e. The van der Waals surface area contributed by atoms with Gasteiger partial charge in [0.15, 0.2) is 0 Å². The molecule has 0 N–H and O–H groups in total. The average Bonchev–Trinajstić information content (AvgIpc) is 2.28. The SMILES string of the molecule is CC(C(=O)N1CCOCC1)N(C)CC#N. The van der Waals surface area contributed by atoms with Gasteiger partial charge in [0.1, 0.15) is 0 Å². The van der Waals surface area contributed by atoms with Crippen LogP contribution in [0.5, 0.6) is 0 Å². The fourth-order valence-corrected chi connectivity index (χ4v) is 1.48. The third-order valence-corrected chi connectivity index (χ3v) is 2.66. The van der Waals surface area contributed by atoms with Gasteiger partial charge >= 0.3 is 0 Å². The number of nitriles is 1. The molecule has 1 fully saturated rings. The molecule has 15 heavy (non-hydrogen) atoms. The zero-order valence-electron chi connectivity index (χ0n) is 9.27. The average molecular weight is 211 g/mol. The maximum Gasteiger partial charge on any atom is 0.239 e. The molecular weight excluding hydrogens is 194 g/mol. The van der Waals surface area contributed by atoms with Crippen LogP contribution in [0.4, 0.5) is 0 Å². The maximum atomic E-state index is 11.9. The molecule has 5 nitrogen and oxygen atoms in total. The molecule has 1 amide bonds. The number of hydrogen-bond donors (Lipinski definition) is 0. The Morgan fingerprint density at radius 1 is 1.60 bits per heavy atom. The van der Waals surface area contributed by atoms with Crippen molar-refractivity contribution >= 4 is 5.91 Å². The van der Waals surface area contributed by atoms with Crippen molar-refractivity contribution in [3.63, 3.8) is 0 Å². The molecule has 1 atom stereocenters. The van der Waals surface area contributed by atoms with Crippen molar-refractivity contribution in [1.29, 1.82) is 5.26 Å². The quantitative estimate of drug-likeness (QED) is 0.601. The standard InChI is InChI=1S/C10H17N3O2/c1-9(12(2)4-3-11)10(14)13-5-7-15-8-6-13/h9H,4-8H2,1-2H3. The minimum Gasteiger partial charge on any atom is -0.378 e. The largest absolute Gasteiger partial charge is 0.378 e. The van der Waals surface area contributed by atoms with E-state index in [2.05, 4.69) is 0 Å². The fraction of sp³-hybridized carbons (Fsp3) is 0.800. The Balaban J connectivity index is 2.47. The van der Waals surface area contributed by atoms with Gasteiger partial charge in [0.2, 0.25) is 5.91 Å². The van der Waals surface area contributed by atoms with Gasteiger partial charge in [-0.15, -0.1) is 0 Å². The van der Waals surface area contributed by atoms with E-state index in [0.717, 1.165) is 0 Å². The van der Waals surface area contributed by atoms with E-state index in [4.69, 9.17) is 10.00 Å². The zero-order valence-corrected chi connectivity index (χ0v) is 9.27. The molecule has 0 radical (unpaired) electrons. The molecule has 0 bridgehead atoms. The number of hydrogen-bond acceptors (Lipinski definition) is 4. The second-order valence-electron chi connectivity index (χ2n) is 3.69. The molecule has 1 aliphatic rings. The van der Waals surface area contributed by atoms with Crippen LogP contribution in [-0.2, 0) is 9.53 Å². The van der Waals surface area contributed by atoms with Crippen LogP contribution in [0.1, 0.15) is 6.92 Å². The fourth-order valence-electron chi connectivity index (χ4n) is 1.48. The Kier molecular flexibility index (Phi) is 4.53. The van der Waals surface area contributed by atoms with Gasteiger partial charge in [0.05, 0.1) is 31.9 Å². The second-order valence-corrected chi connectivity index (χ2v) is 3.69. The molecular formula is C10H17N3O2. The lowest BCUT2D eigenvalue weighted by Gasteiger charge is -2.31. The van der Waals surface area contributed by atoms with Crippen LogP contribution in [0.15, 0.2) is 0 Å². The van der Waals surface area contributed by atoms with Crippen molar-refractivity contribution in [3.05, 3.63) is 0 Å². The van der Waals surface area contributed by atoms with E-state index in [-0.39, 0.29) is 18.5 Å². The van der Waals surface area contributed by atoms with Crippen molar-refractivity contribution < 1.29 is 9.53 Å². The van der Waals surface area contributed by atoms with E-state index < -0.39 is 0 Å². The molecule has 1 rings (SSSR count).